The first-order valence-corrected chi connectivity index (χ1v) is 1.99. The summed E-state index contributed by atoms with van der Waals surface area (Å²) in [5.41, 5.74) is 4.46. The third kappa shape index (κ3) is 2.20. The highest BCUT2D eigenvalue weighted by atomic mass is 19.3. The number of hydrogen-bond donors (Lipinski definition) is 2. The van der Waals surface area contributed by atoms with Gasteiger partial charge >= 0.3 is 0 Å². The molecule has 54 valence electrons. The van der Waals surface area contributed by atoms with Crippen LogP contribution in [0.15, 0.2) is 5.16 Å². The van der Waals surface area contributed by atoms with Gasteiger partial charge in [-0.1, -0.05) is 5.16 Å². The van der Waals surface area contributed by atoms with E-state index in [2.05, 4.69) is 5.73 Å². The first-order chi connectivity index (χ1) is 4.09. The fourth-order valence-corrected chi connectivity index (χ4v) is 0.184. The predicted octanol–water partition coefficient (Wildman–Crippen LogP) is 0.336. The number of oxime groups is 1. The molecule has 0 fully saturated rings. The maximum atomic E-state index is 11.8. The Labute approximate surface area is 48.9 Å². The van der Waals surface area contributed by atoms with E-state index in [-0.39, 0.29) is 0 Å². The van der Waals surface area contributed by atoms with Gasteiger partial charge in [0, 0.05) is 0 Å². The first-order valence-electron chi connectivity index (χ1n) is 1.99. The zero-order valence-corrected chi connectivity index (χ0v) is 4.26. The van der Waals surface area contributed by atoms with E-state index in [0.717, 1.165) is 0 Å². The molecular weight excluding hydrogens is 137 g/mol. The minimum absolute atomic E-state index is 1.11. The zero-order valence-electron chi connectivity index (χ0n) is 4.26. The van der Waals surface area contributed by atoms with Crippen LogP contribution in [0.2, 0.25) is 0 Å². The van der Waals surface area contributed by atoms with Crippen molar-refractivity contribution in [1.82, 2.24) is 0 Å². The van der Waals surface area contributed by atoms with Crippen LogP contribution in [-0.4, -0.2) is 23.6 Å². The van der Waals surface area contributed by atoms with Crippen LogP contribution < -0.4 is 5.73 Å². The molecule has 0 saturated carbocycles. The molecule has 0 bridgehead atoms. The van der Waals surface area contributed by atoms with Crippen molar-refractivity contribution in [3.05, 3.63) is 0 Å². The van der Waals surface area contributed by atoms with Gasteiger partial charge in [-0.05, 0) is 0 Å². The lowest BCUT2D eigenvalue weighted by Gasteiger charge is -2.01. The van der Waals surface area contributed by atoms with Gasteiger partial charge in [0.15, 0.2) is 5.84 Å². The highest BCUT2D eigenvalue weighted by Gasteiger charge is 2.23. The third-order valence-corrected chi connectivity index (χ3v) is 0.619. The molecule has 0 aromatic rings. The van der Waals surface area contributed by atoms with E-state index in [4.69, 9.17) is 5.21 Å². The van der Waals surface area contributed by atoms with Crippen LogP contribution in [0.3, 0.4) is 0 Å². The van der Waals surface area contributed by atoms with Gasteiger partial charge in [-0.3, -0.25) is 0 Å². The quantitative estimate of drug-likeness (QED) is 0.253. The Kier molecular flexibility index (Phi) is 2.83. The summed E-state index contributed by atoms with van der Waals surface area (Å²) in [4.78, 5) is 0. The fourth-order valence-electron chi connectivity index (χ4n) is 0.184. The zero-order chi connectivity index (χ0) is 7.44. The Bertz CT molecular complexity index is 116. The lowest BCUT2D eigenvalue weighted by molar-refractivity contribution is 0.0820. The van der Waals surface area contributed by atoms with Crippen molar-refractivity contribution in [3.63, 3.8) is 0 Å². The summed E-state index contributed by atoms with van der Waals surface area (Å²) in [6, 6.07) is 0. The van der Waals surface area contributed by atoms with Crippen LogP contribution in [0.4, 0.5) is 13.2 Å². The van der Waals surface area contributed by atoms with Crippen LogP contribution >= 0.6 is 0 Å². The van der Waals surface area contributed by atoms with Gasteiger partial charge < -0.3 is 10.9 Å². The van der Waals surface area contributed by atoms with Gasteiger partial charge in [0.2, 0.25) is 6.17 Å². The van der Waals surface area contributed by atoms with E-state index in [1.54, 1.807) is 0 Å². The summed E-state index contributed by atoms with van der Waals surface area (Å²) in [7, 11) is 0. The monoisotopic (exact) mass is 142 g/mol. The lowest BCUT2D eigenvalue weighted by atomic mass is 10.4. The van der Waals surface area contributed by atoms with Gasteiger partial charge in [-0.15, -0.1) is 0 Å². The van der Waals surface area contributed by atoms with Crippen LogP contribution in [0, 0.1) is 0 Å². The molecule has 0 aliphatic rings. The maximum Gasteiger partial charge on any atom is 0.276 e. The average molecular weight is 142 g/mol. The minimum Gasteiger partial charge on any atom is -0.409 e. The van der Waals surface area contributed by atoms with Crippen molar-refractivity contribution in [2.24, 2.45) is 10.9 Å². The second-order valence-corrected chi connectivity index (χ2v) is 1.26. The molecule has 3 nitrogen and oxygen atoms in total. The molecule has 6 heteroatoms. The van der Waals surface area contributed by atoms with E-state index in [9.17, 15) is 13.2 Å². The standard InChI is InChI=1S/C3H5F3N2O/c4-1(2(5)6)3(7)8-9/h1-2,9H,(H2,7,8). The second-order valence-electron chi connectivity index (χ2n) is 1.26. The van der Waals surface area contributed by atoms with Gasteiger partial charge in [-0.25, -0.2) is 13.2 Å². The lowest BCUT2D eigenvalue weighted by Crippen LogP contribution is -2.30. The summed E-state index contributed by atoms with van der Waals surface area (Å²) in [5.74, 6) is -1.11. The Morgan fingerprint density at radius 3 is 2.00 bits per heavy atom. The van der Waals surface area contributed by atoms with Crippen molar-refractivity contribution in [2.45, 2.75) is 12.6 Å². The Balaban J connectivity index is 3.88. The first kappa shape index (κ1) is 8.06. The molecule has 0 aliphatic carbocycles. The van der Waals surface area contributed by atoms with Crippen LogP contribution in [-0.2, 0) is 0 Å². The number of nitrogens with zero attached hydrogens (tertiary/aromatic N) is 1. The molecule has 0 radical (unpaired) electrons. The van der Waals surface area contributed by atoms with Crippen LogP contribution in [0.1, 0.15) is 0 Å². The molecule has 0 rings (SSSR count). The molecular formula is C3H5F3N2O. The minimum atomic E-state index is -3.24. The largest absolute Gasteiger partial charge is 0.409 e. The molecule has 0 aromatic carbocycles. The van der Waals surface area contributed by atoms with Crippen LogP contribution in [0.5, 0.6) is 0 Å². The van der Waals surface area contributed by atoms with Crippen LogP contribution in [0.25, 0.3) is 0 Å². The molecule has 0 aliphatic heterocycles. The van der Waals surface area contributed by atoms with Gasteiger partial charge in [0.1, 0.15) is 0 Å². The molecule has 0 saturated heterocycles. The highest BCUT2D eigenvalue weighted by Crippen LogP contribution is 2.04. The van der Waals surface area contributed by atoms with Crippen molar-refractivity contribution in [2.75, 3.05) is 0 Å². The summed E-state index contributed by atoms with van der Waals surface area (Å²) >= 11 is 0. The van der Waals surface area contributed by atoms with Crippen molar-refractivity contribution < 1.29 is 18.4 Å². The van der Waals surface area contributed by atoms with Gasteiger partial charge in [0.05, 0.1) is 0 Å². The van der Waals surface area contributed by atoms with Crippen molar-refractivity contribution in [3.8, 4) is 0 Å². The second kappa shape index (κ2) is 3.16. The Hall–Kier alpha value is -0.940. The molecule has 1 atom stereocenters. The number of halogens is 3. The van der Waals surface area contributed by atoms with E-state index in [1.807, 2.05) is 5.16 Å². The molecule has 0 aromatic heterocycles. The van der Waals surface area contributed by atoms with E-state index >= 15 is 0 Å². The number of nitrogens with two attached hydrogens (primary N) is 1. The molecule has 1 unspecified atom stereocenters. The Morgan fingerprint density at radius 2 is 1.89 bits per heavy atom. The van der Waals surface area contributed by atoms with E-state index < -0.39 is 18.4 Å². The van der Waals surface area contributed by atoms with Crippen molar-refractivity contribution >= 4 is 5.84 Å². The number of alkyl halides is 3. The molecule has 0 heterocycles. The molecule has 9 heavy (non-hydrogen) atoms. The maximum absolute atomic E-state index is 11.8. The molecule has 0 amide bonds. The Morgan fingerprint density at radius 1 is 1.44 bits per heavy atom. The topological polar surface area (TPSA) is 58.6 Å². The van der Waals surface area contributed by atoms with E-state index in [1.165, 1.54) is 0 Å². The SMILES string of the molecule is NC(=NO)C(F)C(F)F. The summed E-state index contributed by atoms with van der Waals surface area (Å²) in [5, 5.41) is 9.69. The summed E-state index contributed by atoms with van der Waals surface area (Å²) in [6.45, 7) is 0. The highest BCUT2D eigenvalue weighted by molar-refractivity contribution is 5.84. The predicted molar refractivity (Wildman–Crippen MR) is 24.3 cm³/mol. The summed E-state index contributed by atoms with van der Waals surface area (Å²) in [6.07, 6.45) is -5.91. The number of amidine groups is 1. The average Bonchev–Trinajstić information content (AvgIpc) is 1.84. The molecule has 3 N–H and O–H groups in total. The third-order valence-electron chi connectivity index (χ3n) is 0.619. The van der Waals surface area contributed by atoms with Gasteiger partial charge in [-0.2, -0.15) is 0 Å². The summed E-state index contributed by atoms with van der Waals surface area (Å²) < 4.78 is 34.2. The van der Waals surface area contributed by atoms with Gasteiger partial charge in [0.25, 0.3) is 6.43 Å². The van der Waals surface area contributed by atoms with Crippen molar-refractivity contribution in [1.29, 1.82) is 0 Å². The number of rotatable bonds is 2. The smallest absolute Gasteiger partial charge is 0.276 e. The normalized spacial score (nSPS) is 16.2. The fraction of sp³-hybridized carbons (Fsp3) is 0.667. The molecule has 0 spiro atoms. The van der Waals surface area contributed by atoms with E-state index in [0.29, 0.717) is 0 Å². The number of hydrogen-bond acceptors (Lipinski definition) is 2.